The van der Waals surface area contributed by atoms with E-state index in [0.717, 1.165) is 12.6 Å². The molecule has 1 aromatic carbocycles. The second kappa shape index (κ2) is 5.97. The normalized spacial score (nSPS) is 10.1. The Morgan fingerprint density at radius 3 is 2.69 bits per heavy atom. The smallest absolute Gasteiger partial charge is 0.255 e. The second-order valence-corrected chi connectivity index (χ2v) is 3.31. The molecule has 0 aliphatic carbocycles. The number of hydrogen-bond acceptors (Lipinski definition) is 4. The maximum Gasteiger partial charge on any atom is 0.255 e. The Morgan fingerprint density at radius 2 is 2.06 bits per heavy atom. The van der Waals surface area contributed by atoms with E-state index in [1.165, 1.54) is 12.1 Å². The van der Waals surface area contributed by atoms with Gasteiger partial charge in [-0.3, -0.25) is 4.79 Å². The Morgan fingerprint density at radius 1 is 1.31 bits per heavy atom. The summed E-state index contributed by atoms with van der Waals surface area (Å²) in [5.74, 6) is -0.641. The van der Waals surface area contributed by atoms with Gasteiger partial charge in [0.1, 0.15) is 11.5 Å². The highest BCUT2D eigenvalue weighted by Crippen LogP contribution is 2.22. The monoisotopic (exact) mass is 224 g/mol. The van der Waals surface area contributed by atoms with Crippen LogP contribution in [0.25, 0.3) is 0 Å². The lowest BCUT2D eigenvalue weighted by Gasteiger charge is -2.07. The van der Waals surface area contributed by atoms with Crippen molar-refractivity contribution in [1.82, 2.24) is 10.6 Å². The van der Waals surface area contributed by atoms with Gasteiger partial charge in [-0.2, -0.15) is 0 Å². The van der Waals surface area contributed by atoms with E-state index in [4.69, 9.17) is 5.11 Å². The summed E-state index contributed by atoms with van der Waals surface area (Å²) < 4.78 is 0. The molecule has 0 unspecified atom stereocenters. The molecule has 0 aliphatic rings. The summed E-state index contributed by atoms with van der Waals surface area (Å²) in [4.78, 5) is 11.6. The van der Waals surface area contributed by atoms with Gasteiger partial charge in [-0.25, -0.2) is 0 Å². The first-order valence-electron chi connectivity index (χ1n) is 5.16. The molecular weight excluding hydrogens is 208 g/mol. The third kappa shape index (κ3) is 3.43. The number of amides is 1. The van der Waals surface area contributed by atoms with E-state index < -0.39 is 0 Å². The van der Waals surface area contributed by atoms with Crippen molar-refractivity contribution < 1.29 is 15.0 Å². The molecular formula is C11H16N2O3. The lowest BCUT2D eigenvalue weighted by molar-refractivity contribution is 0.0951. The summed E-state index contributed by atoms with van der Waals surface area (Å²) in [6.45, 7) is 4.00. The molecule has 0 radical (unpaired) electrons. The van der Waals surface area contributed by atoms with Gasteiger partial charge in [0.25, 0.3) is 5.91 Å². The molecule has 5 nitrogen and oxygen atoms in total. The van der Waals surface area contributed by atoms with Gasteiger partial charge in [-0.05, 0) is 18.7 Å². The summed E-state index contributed by atoms with van der Waals surface area (Å²) >= 11 is 0. The summed E-state index contributed by atoms with van der Waals surface area (Å²) in [6, 6.07) is 3.88. The summed E-state index contributed by atoms with van der Waals surface area (Å²) in [7, 11) is 0. The zero-order valence-corrected chi connectivity index (χ0v) is 9.16. The third-order valence-corrected chi connectivity index (χ3v) is 2.06. The summed E-state index contributed by atoms with van der Waals surface area (Å²) in [5, 5.41) is 24.2. The molecule has 0 aromatic heterocycles. The maximum atomic E-state index is 11.6. The molecule has 0 saturated carbocycles. The van der Waals surface area contributed by atoms with Crippen LogP contribution in [0.3, 0.4) is 0 Å². The van der Waals surface area contributed by atoms with Gasteiger partial charge in [0.05, 0.1) is 5.56 Å². The molecule has 0 fully saturated rings. The number of hydrogen-bond donors (Lipinski definition) is 4. The van der Waals surface area contributed by atoms with Crippen molar-refractivity contribution in [2.45, 2.75) is 6.92 Å². The second-order valence-electron chi connectivity index (χ2n) is 3.31. The highest BCUT2D eigenvalue weighted by atomic mass is 16.3. The lowest BCUT2D eigenvalue weighted by Crippen LogP contribution is -2.31. The van der Waals surface area contributed by atoms with E-state index in [1.54, 1.807) is 0 Å². The summed E-state index contributed by atoms with van der Waals surface area (Å²) in [5.41, 5.74) is 0.161. The molecule has 0 aliphatic heterocycles. The van der Waals surface area contributed by atoms with Crippen LogP contribution in [0.5, 0.6) is 11.5 Å². The molecule has 1 rings (SSSR count). The number of carbonyl (C=O) groups excluding carboxylic acids is 1. The molecule has 0 saturated heterocycles. The Labute approximate surface area is 94.1 Å². The minimum Gasteiger partial charge on any atom is -0.508 e. The maximum absolute atomic E-state index is 11.6. The van der Waals surface area contributed by atoms with Gasteiger partial charge in [-0.1, -0.05) is 6.92 Å². The first-order chi connectivity index (χ1) is 7.65. The van der Waals surface area contributed by atoms with Crippen molar-refractivity contribution in [2.75, 3.05) is 19.6 Å². The molecule has 0 atom stereocenters. The number of aromatic hydroxyl groups is 2. The van der Waals surface area contributed by atoms with E-state index in [1.807, 2.05) is 6.92 Å². The van der Waals surface area contributed by atoms with Crippen molar-refractivity contribution in [3.05, 3.63) is 23.8 Å². The van der Waals surface area contributed by atoms with Crippen molar-refractivity contribution in [2.24, 2.45) is 0 Å². The van der Waals surface area contributed by atoms with Crippen LogP contribution in [0, 0.1) is 0 Å². The number of phenolic OH excluding ortho intramolecular Hbond substituents is 2. The van der Waals surface area contributed by atoms with Crippen LogP contribution in [-0.2, 0) is 0 Å². The molecule has 88 valence electrons. The van der Waals surface area contributed by atoms with E-state index in [0.29, 0.717) is 13.1 Å². The number of benzene rings is 1. The predicted molar refractivity (Wildman–Crippen MR) is 60.6 cm³/mol. The number of nitrogens with one attached hydrogen (secondary N) is 2. The Bertz CT molecular complexity index is 366. The number of phenols is 2. The molecule has 16 heavy (non-hydrogen) atoms. The van der Waals surface area contributed by atoms with Crippen LogP contribution < -0.4 is 10.6 Å². The first kappa shape index (κ1) is 12.3. The minimum absolute atomic E-state index is 0.0679. The van der Waals surface area contributed by atoms with Crippen LogP contribution in [0.4, 0.5) is 0 Å². The predicted octanol–water partition coefficient (Wildman–Crippen LogP) is 0.437. The first-order valence-corrected chi connectivity index (χ1v) is 5.16. The zero-order valence-electron chi connectivity index (χ0n) is 9.16. The van der Waals surface area contributed by atoms with Gasteiger partial charge >= 0.3 is 0 Å². The molecule has 1 aromatic rings. The highest BCUT2D eigenvalue weighted by Gasteiger charge is 2.10. The lowest BCUT2D eigenvalue weighted by atomic mass is 10.2. The van der Waals surface area contributed by atoms with E-state index >= 15 is 0 Å². The molecule has 0 heterocycles. The quantitative estimate of drug-likeness (QED) is 0.547. The zero-order chi connectivity index (χ0) is 12.0. The fourth-order valence-corrected chi connectivity index (χ4v) is 1.25. The van der Waals surface area contributed by atoms with Crippen molar-refractivity contribution in [3.8, 4) is 11.5 Å². The Kier molecular flexibility index (Phi) is 4.60. The van der Waals surface area contributed by atoms with Crippen molar-refractivity contribution >= 4 is 5.91 Å². The Hall–Kier alpha value is -1.75. The SMILES string of the molecule is CCNCCNC(=O)c1ccc(O)cc1O. The topological polar surface area (TPSA) is 81.6 Å². The molecule has 1 amide bonds. The fourth-order valence-electron chi connectivity index (χ4n) is 1.25. The van der Waals surface area contributed by atoms with Gasteiger partial charge in [0.2, 0.25) is 0 Å². The Balaban J connectivity index is 2.53. The van der Waals surface area contributed by atoms with E-state index in [9.17, 15) is 9.90 Å². The van der Waals surface area contributed by atoms with Crippen molar-refractivity contribution in [3.63, 3.8) is 0 Å². The fraction of sp³-hybridized carbons (Fsp3) is 0.364. The third-order valence-electron chi connectivity index (χ3n) is 2.06. The number of rotatable bonds is 5. The van der Waals surface area contributed by atoms with E-state index in [2.05, 4.69) is 10.6 Å². The van der Waals surface area contributed by atoms with Crippen LogP contribution in [0.1, 0.15) is 17.3 Å². The highest BCUT2D eigenvalue weighted by molar-refractivity contribution is 5.96. The van der Waals surface area contributed by atoms with Gasteiger partial charge in [0, 0.05) is 19.2 Å². The molecule has 4 N–H and O–H groups in total. The van der Waals surface area contributed by atoms with Gasteiger partial charge < -0.3 is 20.8 Å². The largest absolute Gasteiger partial charge is 0.508 e. The van der Waals surface area contributed by atoms with Gasteiger partial charge in [-0.15, -0.1) is 0 Å². The van der Waals surface area contributed by atoms with Crippen molar-refractivity contribution in [1.29, 1.82) is 0 Å². The van der Waals surface area contributed by atoms with Crippen LogP contribution >= 0.6 is 0 Å². The number of likely N-dealkylation sites (N-methyl/N-ethyl adjacent to an activating group) is 1. The average Bonchev–Trinajstić information content (AvgIpc) is 2.24. The molecule has 0 bridgehead atoms. The number of carbonyl (C=O) groups is 1. The van der Waals surface area contributed by atoms with Gasteiger partial charge in [0.15, 0.2) is 0 Å². The standard InChI is InChI=1S/C11H16N2O3/c1-2-12-5-6-13-11(16)9-4-3-8(14)7-10(9)15/h3-4,7,12,14-15H,2,5-6H2,1H3,(H,13,16). The van der Waals surface area contributed by atoms with Crippen LogP contribution in [0.15, 0.2) is 18.2 Å². The molecule has 5 heteroatoms. The average molecular weight is 224 g/mol. The summed E-state index contributed by atoms with van der Waals surface area (Å²) in [6.07, 6.45) is 0. The molecule has 0 spiro atoms. The van der Waals surface area contributed by atoms with E-state index in [-0.39, 0.29) is 23.0 Å². The minimum atomic E-state index is -0.351. The van der Waals surface area contributed by atoms with Crippen LogP contribution in [-0.4, -0.2) is 35.8 Å². The van der Waals surface area contributed by atoms with Crippen LogP contribution in [0.2, 0.25) is 0 Å².